The standard InChI is InChI=1S/C17H16BrN7O/c18-14-4-2-1-3-13(14)17(26)24-9-7-23(8-10-24)15-5-6-16(22-21-15)25-12-19-11-20-25/h1-6,11-12H,7-10H2. The molecule has 4 rings (SSSR count). The number of benzene rings is 1. The first-order valence-electron chi connectivity index (χ1n) is 8.20. The number of nitrogens with zero attached hydrogens (tertiary/aromatic N) is 7. The van der Waals surface area contributed by atoms with Crippen molar-refractivity contribution in [2.45, 2.75) is 0 Å². The highest BCUT2D eigenvalue weighted by Gasteiger charge is 2.24. The van der Waals surface area contributed by atoms with Crippen molar-refractivity contribution >= 4 is 27.7 Å². The lowest BCUT2D eigenvalue weighted by Gasteiger charge is -2.35. The predicted molar refractivity (Wildman–Crippen MR) is 99.2 cm³/mol. The Morgan fingerprint density at radius 3 is 2.35 bits per heavy atom. The van der Waals surface area contributed by atoms with Crippen LogP contribution in [0.4, 0.5) is 5.82 Å². The van der Waals surface area contributed by atoms with Gasteiger partial charge < -0.3 is 9.80 Å². The fourth-order valence-corrected chi connectivity index (χ4v) is 3.33. The zero-order chi connectivity index (χ0) is 17.9. The van der Waals surface area contributed by atoms with Crippen LogP contribution >= 0.6 is 15.9 Å². The van der Waals surface area contributed by atoms with Gasteiger partial charge in [0.25, 0.3) is 5.91 Å². The van der Waals surface area contributed by atoms with Crippen LogP contribution in [0.25, 0.3) is 5.82 Å². The molecule has 1 aliphatic rings. The fourth-order valence-electron chi connectivity index (χ4n) is 2.88. The van der Waals surface area contributed by atoms with Gasteiger partial charge in [-0.2, -0.15) is 5.10 Å². The average molecular weight is 414 g/mol. The van der Waals surface area contributed by atoms with Crippen molar-refractivity contribution in [1.29, 1.82) is 0 Å². The third-order valence-electron chi connectivity index (χ3n) is 4.29. The number of halogens is 1. The first kappa shape index (κ1) is 16.6. The summed E-state index contributed by atoms with van der Waals surface area (Å²) in [7, 11) is 0. The van der Waals surface area contributed by atoms with Crippen LogP contribution in [0, 0.1) is 0 Å². The van der Waals surface area contributed by atoms with E-state index in [4.69, 9.17) is 0 Å². The van der Waals surface area contributed by atoms with Crippen molar-refractivity contribution in [2.24, 2.45) is 0 Å². The van der Waals surface area contributed by atoms with Crippen molar-refractivity contribution in [3.05, 3.63) is 59.1 Å². The van der Waals surface area contributed by atoms with Gasteiger partial charge in [0.15, 0.2) is 11.6 Å². The predicted octanol–water partition coefficient (Wildman–Crippen LogP) is 1.78. The van der Waals surface area contributed by atoms with E-state index in [0.717, 1.165) is 10.3 Å². The van der Waals surface area contributed by atoms with Crippen LogP contribution in [0.5, 0.6) is 0 Å². The highest BCUT2D eigenvalue weighted by molar-refractivity contribution is 9.10. The van der Waals surface area contributed by atoms with Crippen LogP contribution in [0.1, 0.15) is 10.4 Å². The molecule has 0 saturated carbocycles. The minimum atomic E-state index is 0.0461. The van der Waals surface area contributed by atoms with Crippen LogP contribution in [-0.4, -0.2) is 61.9 Å². The second-order valence-electron chi connectivity index (χ2n) is 5.85. The summed E-state index contributed by atoms with van der Waals surface area (Å²) in [5.41, 5.74) is 0.693. The molecular weight excluding hydrogens is 398 g/mol. The maximum atomic E-state index is 12.7. The van der Waals surface area contributed by atoms with E-state index in [1.54, 1.807) is 11.0 Å². The van der Waals surface area contributed by atoms with Crippen molar-refractivity contribution in [1.82, 2.24) is 29.9 Å². The zero-order valence-electron chi connectivity index (χ0n) is 13.9. The SMILES string of the molecule is O=C(c1ccccc1Br)N1CCN(c2ccc(-n3cncn3)nn2)CC1. The maximum Gasteiger partial charge on any atom is 0.255 e. The molecule has 0 atom stereocenters. The third-order valence-corrected chi connectivity index (χ3v) is 4.98. The van der Waals surface area contributed by atoms with Crippen molar-refractivity contribution in [3.8, 4) is 5.82 Å². The van der Waals surface area contributed by atoms with Gasteiger partial charge in [0.1, 0.15) is 12.7 Å². The number of hydrogen-bond acceptors (Lipinski definition) is 6. The molecule has 1 saturated heterocycles. The molecule has 0 radical (unpaired) electrons. The van der Waals surface area contributed by atoms with Crippen molar-refractivity contribution in [2.75, 3.05) is 31.1 Å². The van der Waals surface area contributed by atoms with Gasteiger partial charge in [0.05, 0.1) is 5.56 Å². The summed E-state index contributed by atoms with van der Waals surface area (Å²) in [6.07, 6.45) is 3.03. The van der Waals surface area contributed by atoms with Crippen LogP contribution in [0.15, 0.2) is 53.5 Å². The van der Waals surface area contributed by atoms with E-state index in [2.05, 4.69) is 41.1 Å². The number of aromatic nitrogens is 5. The van der Waals surface area contributed by atoms with Crippen molar-refractivity contribution in [3.63, 3.8) is 0 Å². The Balaban J connectivity index is 1.40. The Morgan fingerprint density at radius 2 is 1.69 bits per heavy atom. The zero-order valence-corrected chi connectivity index (χ0v) is 15.4. The molecule has 0 N–H and O–H groups in total. The lowest BCUT2D eigenvalue weighted by molar-refractivity contribution is 0.0745. The van der Waals surface area contributed by atoms with E-state index in [0.29, 0.717) is 37.6 Å². The number of amides is 1. The smallest absolute Gasteiger partial charge is 0.255 e. The summed E-state index contributed by atoms with van der Waals surface area (Å²) in [6, 6.07) is 11.3. The molecule has 1 amide bonds. The van der Waals surface area contributed by atoms with E-state index in [-0.39, 0.29) is 5.91 Å². The molecule has 0 unspecified atom stereocenters. The van der Waals surface area contributed by atoms with Gasteiger partial charge in [0.2, 0.25) is 0 Å². The Morgan fingerprint density at radius 1 is 0.962 bits per heavy atom. The molecule has 0 spiro atoms. The van der Waals surface area contributed by atoms with Gasteiger partial charge in [-0.3, -0.25) is 4.79 Å². The highest BCUT2D eigenvalue weighted by atomic mass is 79.9. The molecule has 1 fully saturated rings. The minimum absolute atomic E-state index is 0.0461. The molecule has 0 bridgehead atoms. The van der Waals surface area contributed by atoms with Crippen LogP contribution in [0.2, 0.25) is 0 Å². The van der Waals surface area contributed by atoms with E-state index in [1.165, 1.54) is 6.33 Å². The van der Waals surface area contributed by atoms with Crippen LogP contribution in [0.3, 0.4) is 0 Å². The summed E-state index contributed by atoms with van der Waals surface area (Å²) in [6.45, 7) is 2.72. The first-order chi connectivity index (χ1) is 12.7. The molecule has 9 heteroatoms. The second kappa shape index (κ2) is 7.20. The lowest BCUT2D eigenvalue weighted by Crippen LogP contribution is -2.49. The molecule has 8 nitrogen and oxygen atoms in total. The van der Waals surface area contributed by atoms with Crippen molar-refractivity contribution < 1.29 is 4.79 Å². The molecule has 2 aromatic heterocycles. The summed E-state index contributed by atoms with van der Waals surface area (Å²) in [5.74, 6) is 1.46. The summed E-state index contributed by atoms with van der Waals surface area (Å²) in [5, 5.41) is 12.5. The Hall–Kier alpha value is -2.81. The molecule has 1 aromatic carbocycles. The molecule has 26 heavy (non-hydrogen) atoms. The van der Waals surface area contributed by atoms with E-state index in [1.807, 2.05) is 41.3 Å². The van der Waals surface area contributed by atoms with Gasteiger partial charge in [0, 0.05) is 30.7 Å². The molecule has 0 aliphatic carbocycles. The summed E-state index contributed by atoms with van der Waals surface area (Å²) in [4.78, 5) is 20.6. The molecule has 132 valence electrons. The number of piperazine rings is 1. The normalized spacial score (nSPS) is 14.5. The summed E-state index contributed by atoms with van der Waals surface area (Å²) >= 11 is 3.45. The minimum Gasteiger partial charge on any atom is -0.352 e. The number of anilines is 1. The topological polar surface area (TPSA) is 80.0 Å². The van der Waals surface area contributed by atoms with E-state index >= 15 is 0 Å². The van der Waals surface area contributed by atoms with E-state index in [9.17, 15) is 4.79 Å². The monoisotopic (exact) mass is 413 g/mol. The van der Waals surface area contributed by atoms with Gasteiger partial charge in [-0.25, -0.2) is 9.67 Å². The Kier molecular flexibility index (Phi) is 4.61. The molecule has 1 aliphatic heterocycles. The Bertz CT molecular complexity index is 890. The third kappa shape index (κ3) is 3.30. The van der Waals surface area contributed by atoms with Gasteiger partial charge >= 0.3 is 0 Å². The van der Waals surface area contributed by atoms with Gasteiger partial charge in [-0.05, 0) is 40.2 Å². The molecule has 3 heterocycles. The maximum absolute atomic E-state index is 12.7. The summed E-state index contributed by atoms with van der Waals surface area (Å²) < 4.78 is 2.38. The molecular formula is C17H16BrN7O. The highest BCUT2D eigenvalue weighted by Crippen LogP contribution is 2.20. The van der Waals surface area contributed by atoms with Crippen LogP contribution in [-0.2, 0) is 0 Å². The quantitative estimate of drug-likeness (QED) is 0.650. The fraction of sp³-hybridized carbons (Fsp3) is 0.235. The number of hydrogen-bond donors (Lipinski definition) is 0. The van der Waals surface area contributed by atoms with Crippen LogP contribution < -0.4 is 4.90 Å². The molecule has 3 aromatic rings. The largest absolute Gasteiger partial charge is 0.352 e. The lowest BCUT2D eigenvalue weighted by atomic mass is 10.2. The Labute approximate surface area is 158 Å². The number of carbonyl (C=O) groups excluding carboxylic acids is 1. The van der Waals surface area contributed by atoms with Gasteiger partial charge in [-0.15, -0.1) is 10.2 Å². The number of carbonyl (C=O) groups is 1. The second-order valence-corrected chi connectivity index (χ2v) is 6.70. The average Bonchev–Trinajstić information content (AvgIpc) is 3.23. The van der Waals surface area contributed by atoms with Gasteiger partial charge in [-0.1, -0.05) is 12.1 Å². The number of rotatable bonds is 3. The first-order valence-corrected chi connectivity index (χ1v) is 8.99. The van der Waals surface area contributed by atoms with E-state index < -0.39 is 0 Å².